The first-order valence-electron chi connectivity index (χ1n) is 7.38. The molecule has 0 aliphatic heterocycles. The Morgan fingerprint density at radius 2 is 1.38 bits per heavy atom. The van der Waals surface area contributed by atoms with Gasteiger partial charge < -0.3 is 14.2 Å². The fourth-order valence-electron chi connectivity index (χ4n) is 1.30. The minimum Gasteiger partial charge on any atom is -0.463 e. The third-order valence-electron chi connectivity index (χ3n) is 2.32. The Morgan fingerprint density at radius 1 is 0.875 bits per heavy atom. The number of rotatable bonds is 7. The normalized spacial score (nSPS) is 9.42. The summed E-state index contributed by atoms with van der Waals surface area (Å²) in [4.78, 5) is 31.9. The Hall–Kier alpha value is -2.89. The molecule has 0 fully saturated rings. The van der Waals surface area contributed by atoms with E-state index in [0.717, 1.165) is 23.8 Å². The van der Waals surface area contributed by atoms with Gasteiger partial charge in [0.2, 0.25) is 0 Å². The monoisotopic (exact) mass is 334 g/mol. The summed E-state index contributed by atoms with van der Waals surface area (Å²) in [7, 11) is 0. The maximum atomic E-state index is 10.6. The maximum absolute atomic E-state index is 10.6. The molecule has 0 N–H and O–H groups in total. The van der Waals surface area contributed by atoms with Crippen molar-refractivity contribution in [2.24, 2.45) is 0 Å². The zero-order valence-corrected chi connectivity index (χ0v) is 13.9. The lowest BCUT2D eigenvalue weighted by atomic mass is 10.2. The number of hydrogen-bond acceptors (Lipinski definition) is 6. The number of hydrogen-bond donors (Lipinski definition) is 0. The van der Waals surface area contributed by atoms with E-state index in [2.05, 4.69) is 16.1 Å². The second-order valence-electron chi connectivity index (χ2n) is 4.13. The molecule has 0 heterocycles. The third kappa shape index (κ3) is 11.7. The van der Waals surface area contributed by atoms with Crippen molar-refractivity contribution in [3.63, 3.8) is 0 Å². The van der Waals surface area contributed by atoms with Crippen molar-refractivity contribution in [2.75, 3.05) is 13.2 Å². The van der Waals surface area contributed by atoms with Gasteiger partial charge in [-0.25, -0.2) is 14.4 Å². The van der Waals surface area contributed by atoms with E-state index >= 15 is 0 Å². The van der Waals surface area contributed by atoms with Gasteiger partial charge in [0.15, 0.2) is 0 Å². The zero-order chi connectivity index (χ0) is 18.2. The second-order valence-corrected chi connectivity index (χ2v) is 4.13. The van der Waals surface area contributed by atoms with E-state index < -0.39 is 11.9 Å². The van der Waals surface area contributed by atoms with Crippen molar-refractivity contribution >= 4 is 17.9 Å². The molecule has 6 nitrogen and oxygen atoms in total. The summed E-state index contributed by atoms with van der Waals surface area (Å²) >= 11 is 0. The summed E-state index contributed by atoms with van der Waals surface area (Å²) in [6, 6.07) is 9.51. The average molecular weight is 334 g/mol. The lowest BCUT2D eigenvalue weighted by Crippen LogP contribution is -2.03. The van der Waals surface area contributed by atoms with Crippen LogP contribution in [0, 0.1) is 0 Å². The number of ether oxygens (including phenoxy) is 3. The van der Waals surface area contributed by atoms with Crippen molar-refractivity contribution in [1.82, 2.24) is 0 Å². The van der Waals surface area contributed by atoms with Crippen LogP contribution in [-0.4, -0.2) is 31.1 Å². The molecule has 1 rings (SSSR count). The van der Waals surface area contributed by atoms with Crippen LogP contribution < -0.4 is 0 Å². The molecule has 0 radical (unpaired) electrons. The van der Waals surface area contributed by atoms with Crippen molar-refractivity contribution in [3.8, 4) is 0 Å². The molecular formula is C18H22O6. The number of carbonyl (C=O) groups is 3. The van der Waals surface area contributed by atoms with Gasteiger partial charge in [-0.1, -0.05) is 36.9 Å². The maximum Gasteiger partial charge on any atom is 0.330 e. The molecule has 0 aliphatic carbocycles. The molecular weight excluding hydrogens is 312 g/mol. The van der Waals surface area contributed by atoms with Gasteiger partial charge in [0.1, 0.15) is 6.61 Å². The zero-order valence-electron chi connectivity index (χ0n) is 13.9. The van der Waals surface area contributed by atoms with Gasteiger partial charge in [-0.3, -0.25) is 0 Å². The van der Waals surface area contributed by atoms with Crippen molar-refractivity contribution in [1.29, 1.82) is 0 Å². The van der Waals surface area contributed by atoms with Crippen LogP contribution in [0.15, 0.2) is 55.1 Å². The highest BCUT2D eigenvalue weighted by atomic mass is 16.5. The molecule has 0 saturated carbocycles. The molecule has 0 aromatic heterocycles. The Labute approximate surface area is 141 Å². The Kier molecular flexibility index (Phi) is 12.1. The van der Waals surface area contributed by atoms with E-state index in [-0.39, 0.29) is 5.97 Å². The highest BCUT2D eigenvalue weighted by Gasteiger charge is 1.97. The first-order chi connectivity index (χ1) is 11.5. The van der Waals surface area contributed by atoms with Gasteiger partial charge in [-0.05, 0) is 19.4 Å². The fraction of sp³-hybridized carbons (Fsp3) is 0.278. The van der Waals surface area contributed by atoms with Gasteiger partial charge in [0.05, 0.1) is 13.2 Å². The summed E-state index contributed by atoms with van der Waals surface area (Å²) in [5.74, 6) is -1.46. The Morgan fingerprint density at radius 3 is 1.79 bits per heavy atom. The molecule has 6 heteroatoms. The van der Waals surface area contributed by atoms with Crippen molar-refractivity contribution in [3.05, 3.63) is 60.7 Å². The highest BCUT2D eigenvalue weighted by Crippen LogP contribution is 2.00. The lowest BCUT2D eigenvalue weighted by molar-refractivity contribution is -0.140. The molecule has 0 bridgehead atoms. The SMILES string of the molecule is C=CC(=O)OCc1ccccc1.CCOC(=O)/C=C\C(=O)OCC. The van der Waals surface area contributed by atoms with Crippen LogP contribution in [-0.2, 0) is 35.2 Å². The first-order valence-corrected chi connectivity index (χ1v) is 7.38. The predicted octanol–water partition coefficient (Wildman–Crippen LogP) is 2.58. The molecule has 0 aliphatic rings. The minimum absolute atomic E-state index is 0.298. The Balaban J connectivity index is 0.000000441. The fourth-order valence-corrected chi connectivity index (χ4v) is 1.30. The summed E-state index contributed by atoms with van der Waals surface area (Å²) in [5.41, 5.74) is 0.979. The predicted molar refractivity (Wildman–Crippen MR) is 88.8 cm³/mol. The summed E-state index contributed by atoms with van der Waals surface area (Å²) < 4.78 is 13.9. The van der Waals surface area contributed by atoms with Crippen LogP contribution in [0.4, 0.5) is 0 Å². The largest absolute Gasteiger partial charge is 0.463 e. The topological polar surface area (TPSA) is 78.9 Å². The van der Waals surface area contributed by atoms with Gasteiger partial charge in [-0.2, -0.15) is 0 Å². The lowest BCUT2D eigenvalue weighted by Gasteiger charge is -2.00. The van der Waals surface area contributed by atoms with Gasteiger partial charge in [-0.15, -0.1) is 0 Å². The number of benzene rings is 1. The summed E-state index contributed by atoms with van der Waals surface area (Å²) in [6.45, 7) is 7.59. The molecule has 0 unspecified atom stereocenters. The van der Waals surface area contributed by atoms with Gasteiger partial charge >= 0.3 is 17.9 Å². The van der Waals surface area contributed by atoms with E-state index in [0.29, 0.717) is 19.8 Å². The molecule has 0 amide bonds. The van der Waals surface area contributed by atoms with Gasteiger partial charge in [0, 0.05) is 18.2 Å². The third-order valence-corrected chi connectivity index (χ3v) is 2.32. The molecule has 0 atom stereocenters. The van der Waals surface area contributed by atoms with Crippen LogP contribution in [0.5, 0.6) is 0 Å². The smallest absolute Gasteiger partial charge is 0.330 e. The Bertz CT molecular complexity index is 528. The first kappa shape index (κ1) is 21.1. The highest BCUT2D eigenvalue weighted by molar-refractivity contribution is 5.91. The molecule has 24 heavy (non-hydrogen) atoms. The van der Waals surface area contributed by atoms with E-state index in [4.69, 9.17) is 4.74 Å². The van der Waals surface area contributed by atoms with E-state index in [1.807, 2.05) is 30.3 Å². The van der Waals surface area contributed by atoms with Crippen LogP contribution in [0.2, 0.25) is 0 Å². The van der Waals surface area contributed by atoms with Crippen LogP contribution in [0.3, 0.4) is 0 Å². The number of carbonyl (C=O) groups excluding carboxylic acids is 3. The van der Waals surface area contributed by atoms with E-state index in [1.165, 1.54) is 0 Å². The van der Waals surface area contributed by atoms with E-state index in [1.54, 1.807) is 13.8 Å². The standard InChI is InChI=1S/C10H10O2.C8H12O4/c1-2-10(11)12-8-9-6-4-3-5-7-9;1-3-11-7(9)5-6-8(10)12-4-2/h2-7H,1,8H2;5-6H,3-4H2,1-2H3/b;6-5-. The van der Waals surface area contributed by atoms with Crippen LogP contribution >= 0.6 is 0 Å². The molecule has 1 aromatic rings. The summed E-state index contributed by atoms with van der Waals surface area (Å²) in [5, 5.41) is 0. The quantitative estimate of drug-likeness (QED) is 0.433. The van der Waals surface area contributed by atoms with E-state index in [9.17, 15) is 14.4 Å². The molecule has 0 spiro atoms. The van der Waals surface area contributed by atoms with Gasteiger partial charge in [0.25, 0.3) is 0 Å². The average Bonchev–Trinajstić information content (AvgIpc) is 2.60. The molecule has 130 valence electrons. The van der Waals surface area contributed by atoms with Crippen LogP contribution in [0.25, 0.3) is 0 Å². The van der Waals surface area contributed by atoms with Crippen molar-refractivity contribution < 1.29 is 28.6 Å². The number of esters is 3. The molecule has 1 aromatic carbocycles. The van der Waals surface area contributed by atoms with Crippen LogP contribution in [0.1, 0.15) is 19.4 Å². The van der Waals surface area contributed by atoms with Crippen molar-refractivity contribution in [2.45, 2.75) is 20.5 Å². The second kappa shape index (κ2) is 13.8. The molecule has 0 saturated heterocycles. The minimum atomic E-state index is -0.537. The summed E-state index contributed by atoms with van der Waals surface area (Å²) in [6.07, 6.45) is 3.24.